The molecule has 0 spiro atoms. The number of amides is 1. The number of benzene rings is 3. The van der Waals surface area contributed by atoms with Gasteiger partial charge in [0, 0.05) is 23.9 Å². The maximum Gasteiger partial charge on any atom is 0.262 e. The first-order valence-corrected chi connectivity index (χ1v) is 11.6. The van der Waals surface area contributed by atoms with E-state index in [1.807, 2.05) is 0 Å². The molecule has 3 aromatic rings. The lowest BCUT2D eigenvalue weighted by Crippen LogP contribution is -2.20. The van der Waals surface area contributed by atoms with Gasteiger partial charge in [0.2, 0.25) is 0 Å². The predicted octanol–water partition coefficient (Wildman–Crippen LogP) is 3.81. The molecule has 4 rings (SSSR count). The Labute approximate surface area is 190 Å². The first-order valence-electron chi connectivity index (χ1n) is 10.1. The maximum atomic E-state index is 12.9. The van der Waals surface area contributed by atoms with Gasteiger partial charge in [0.15, 0.2) is 18.1 Å². The van der Waals surface area contributed by atoms with Gasteiger partial charge in [-0.3, -0.25) is 9.52 Å². The number of hydrogen-bond donors (Lipinski definition) is 2. The standard InChI is InChI=1S/C23H21FN2O6S/c24-16-2-8-19(9-3-16)32-15-23(27)25-17-4-6-18(7-5-17)26-33(28,29)20-10-11-21-22(14-20)31-13-1-12-30-21/h2-11,14,26H,1,12-13,15H2,(H,25,27). The fraction of sp³-hybridized carbons (Fsp3) is 0.174. The van der Waals surface area contributed by atoms with Crippen LogP contribution in [0.25, 0.3) is 0 Å². The van der Waals surface area contributed by atoms with Gasteiger partial charge in [0.1, 0.15) is 11.6 Å². The molecule has 0 radical (unpaired) electrons. The molecule has 1 heterocycles. The second-order valence-electron chi connectivity index (χ2n) is 7.13. The minimum absolute atomic E-state index is 0.0436. The van der Waals surface area contributed by atoms with E-state index in [-0.39, 0.29) is 11.5 Å². The summed E-state index contributed by atoms with van der Waals surface area (Å²) in [7, 11) is -3.86. The fourth-order valence-electron chi connectivity index (χ4n) is 3.02. The zero-order chi connectivity index (χ0) is 23.3. The molecule has 1 aliphatic heterocycles. The average Bonchev–Trinajstić information content (AvgIpc) is 3.05. The summed E-state index contributed by atoms with van der Waals surface area (Å²) < 4.78 is 57.3. The van der Waals surface area contributed by atoms with Crippen LogP contribution >= 0.6 is 0 Å². The van der Waals surface area contributed by atoms with Crippen LogP contribution in [0.15, 0.2) is 71.6 Å². The number of sulfonamides is 1. The number of ether oxygens (including phenoxy) is 3. The number of anilines is 2. The van der Waals surface area contributed by atoms with E-state index >= 15 is 0 Å². The molecule has 10 heteroatoms. The van der Waals surface area contributed by atoms with Crippen LogP contribution in [0.3, 0.4) is 0 Å². The van der Waals surface area contributed by atoms with Gasteiger partial charge < -0.3 is 19.5 Å². The van der Waals surface area contributed by atoms with Crippen molar-refractivity contribution >= 4 is 27.3 Å². The Balaban J connectivity index is 1.35. The molecule has 0 aromatic heterocycles. The first-order chi connectivity index (χ1) is 15.9. The van der Waals surface area contributed by atoms with Crippen LogP contribution in [0.5, 0.6) is 17.2 Å². The van der Waals surface area contributed by atoms with Crippen LogP contribution in [0, 0.1) is 5.82 Å². The number of rotatable bonds is 7. The SMILES string of the molecule is O=C(COc1ccc(F)cc1)Nc1ccc(NS(=O)(=O)c2ccc3c(c2)OCCCO3)cc1. The van der Waals surface area contributed by atoms with Crippen molar-refractivity contribution in [2.75, 3.05) is 29.9 Å². The predicted molar refractivity (Wildman–Crippen MR) is 120 cm³/mol. The third kappa shape index (κ3) is 5.92. The Hall–Kier alpha value is -3.79. The Morgan fingerprint density at radius 1 is 0.909 bits per heavy atom. The van der Waals surface area contributed by atoms with Gasteiger partial charge in [0.25, 0.3) is 15.9 Å². The summed E-state index contributed by atoms with van der Waals surface area (Å²) in [6.07, 6.45) is 0.719. The van der Waals surface area contributed by atoms with E-state index in [0.29, 0.717) is 41.8 Å². The van der Waals surface area contributed by atoms with Crippen LogP contribution in [-0.4, -0.2) is 34.1 Å². The van der Waals surface area contributed by atoms with Crippen LogP contribution < -0.4 is 24.2 Å². The lowest BCUT2D eigenvalue weighted by molar-refractivity contribution is -0.118. The van der Waals surface area contributed by atoms with E-state index < -0.39 is 21.7 Å². The number of hydrogen-bond acceptors (Lipinski definition) is 6. The van der Waals surface area contributed by atoms with E-state index in [9.17, 15) is 17.6 Å². The largest absolute Gasteiger partial charge is 0.490 e. The van der Waals surface area contributed by atoms with E-state index in [1.165, 1.54) is 48.5 Å². The van der Waals surface area contributed by atoms with Crippen molar-refractivity contribution in [1.29, 1.82) is 0 Å². The highest BCUT2D eigenvalue weighted by Gasteiger charge is 2.19. The lowest BCUT2D eigenvalue weighted by atomic mass is 10.3. The summed E-state index contributed by atoms with van der Waals surface area (Å²) in [5.41, 5.74) is 0.781. The highest BCUT2D eigenvalue weighted by atomic mass is 32.2. The molecule has 33 heavy (non-hydrogen) atoms. The highest BCUT2D eigenvalue weighted by molar-refractivity contribution is 7.92. The van der Waals surface area contributed by atoms with Gasteiger partial charge >= 0.3 is 0 Å². The van der Waals surface area contributed by atoms with Crippen LogP contribution in [-0.2, 0) is 14.8 Å². The number of carbonyl (C=O) groups is 1. The topological polar surface area (TPSA) is 103 Å². The normalized spacial score (nSPS) is 13.0. The average molecular weight is 472 g/mol. The molecule has 8 nitrogen and oxygen atoms in total. The second-order valence-corrected chi connectivity index (χ2v) is 8.82. The lowest BCUT2D eigenvalue weighted by Gasteiger charge is -2.12. The molecule has 2 N–H and O–H groups in total. The number of nitrogens with one attached hydrogen (secondary N) is 2. The molecule has 1 amide bonds. The van der Waals surface area contributed by atoms with E-state index in [2.05, 4.69) is 10.0 Å². The van der Waals surface area contributed by atoms with Crippen molar-refractivity contribution < 1.29 is 31.8 Å². The Kier molecular flexibility index (Phi) is 6.64. The van der Waals surface area contributed by atoms with Crippen LogP contribution in [0.4, 0.5) is 15.8 Å². The molecule has 0 saturated heterocycles. The zero-order valence-corrected chi connectivity index (χ0v) is 18.2. The van der Waals surface area contributed by atoms with Crippen molar-refractivity contribution in [1.82, 2.24) is 0 Å². The summed E-state index contributed by atoms with van der Waals surface area (Å²) in [4.78, 5) is 12.1. The van der Waals surface area contributed by atoms with E-state index in [0.717, 1.165) is 6.42 Å². The molecule has 0 saturated carbocycles. The Morgan fingerprint density at radius 3 is 2.30 bits per heavy atom. The Morgan fingerprint density at radius 2 is 1.58 bits per heavy atom. The molecule has 0 unspecified atom stereocenters. The summed E-state index contributed by atoms with van der Waals surface area (Å²) in [6, 6.07) is 15.9. The molecule has 3 aromatic carbocycles. The first kappa shape index (κ1) is 22.4. The van der Waals surface area contributed by atoms with Gasteiger partial charge in [0.05, 0.1) is 18.1 Å². The summed E-state index contributed by atoms with van der Waals surface area (Å²) in [6.45, 7) is 0.703. The van der Waals surface area contributed by atoms with E-state index in [1.54, 1.807) is 18.2 Å². The third-order valence-corrected chi connectivity index (χ3v) is 6.01. The number of halogens is 1. The number of carbonyl (C=O) groups excluding carboxylic acids is 1. The maximum absolute atomic E-state index is 12.9. The molecule has 1 aliphatic rings. The van der Waals surface area contributed by atoms with Crippen molar-refractivity contribution in [2.45, 2.75) is 11.3 Å². The Bertz CT molecular complexity index is 1230. The van der Waals surface area contributed by atoms with Crippen molar-refractivity contribution in [3.8, 4) is 17.2 Å². The second kappa shape index (κ2) is 9.78. The van der Waals surface area contributed by atoms with Gasteiger partial charge in [-0.15, -0.1) is 0 Å². The molecule has 0 aliphatic carbocycles. The highest BCUT2D eigenvalue weighted by Crippen LogP contribution is 2.32. The quantitative estimate of drug-likeness (QED) is 0.542. The van der Waals surface area contributed by atoms with Crippen molar-refractivity contribution in [3.05, 3.63) is 72.5 Å². The fourth-order valence-corrected chi connectivity index (χ4v) is 4.10. The summed E-state index contributed by atoms with van der Waals surface area (Å²) in [5.74, 6) is 0.448. The van der Waals surface area contributed by atoms with E-state index in [4.69, 9.17) is 14.2 Å². The number of fused-ring (bicyclic) bond motifs is 1. The van der Waals surface area contributed by atoms with Gasteiger partial charge in [-0.25, -0.2) is 12.8 Å². The molecule has 0 bridgehead atoms. The minimum atomic E-state index is -3.86. The van der Waals surface area contributed by atoms with Crippen LogP contribution in [0.2, 0.25) is 0 Å². The monoisotopic (exact) mass is 472 g/mol. The van der Waals surface area contributed by atoms with Gasteiger partial charge in [-0.1, -0.05) is 0 Å². The smallest absolute Gasteiger partial charge is 0.262 e. The molecular formula is C23H21FN2O6S. The summed E-state index contributed by atoms with van der Waals surface area (Å²) in [5, 5.41) is 2.64. The van der Waals surface area contributed by atoms with Crippen molar-refractivity contribution in [2.24, 2.45) is 0 Å². The molecule has 0 fully saturated rings. The molecule has 0 atom stereocenters. The van der Waals surface area contributed by atoms with Gasteiger partial charge in [-0.05, 0) is 60.7 Å². The summed E-state index contributed by atoms with van der Waals surface area (Å²) >= 11 is 0. The third-order valence-electron chi connectivity index (χ3n) is 4.63. The zero-order valence-electron chi connectivity index (χ0n) is 17.4. The molecule has 172 valence electrons. The van der Waals surface area contributed by atoms with Gasteiger partial charge in [-0.2, -0.15) is 0 Å². The van der Waals surface area contributed by atoms with Crippen LogP contribution in [0.1, 0.15) is 6.42 Å². The van der Waals surface area contributed by atoms with Crippen molar-refractivity contribution in [3.63, 3.8) is 0 Å². The minimum Gasteiger partial charge on any atom is -0.490 e. The molecular weight excluding hydrogens is 451 g/mol.